The van der Waals surface area contributed by atoms with Gasteiger partial charge in [0.1, 0.15) is 0 Å². The van der Waals surface area contributed by atoms with Crippen molar-refractivity contribution in [1.29, 1.82) is 0 Å². The van der Waals surface area contributed by atoms with Gasteiger partial charge in [-0.05, 0) is 27.3 Å². The lowest BCUT2D eigenvalue weighted by Crippen LogP contribution is -2.33. The number of ether oxygens (including phenoxy) is 1. The predicted molar refractivity (Wildman–Crippen MR) is 83.2 cm³/mol. The number of anilines is 1. The Labute approximate surface area is 121 Å². The van der Waals surface area contributed by atoms with E-state index >= 15 is 0 Å². The first-order valence-corrected chi connectivity index (χ1v) is 7.84. The fourth-order valence-corrected chi connectivity index (χ4v) is 3.27. The fraction of sp³-hybridized carbons (Fsp3) is 0.786. The molecule has 0 aromatic carbocycles. The van der Waals surface area contributed by atoms with Crippen LogP contribution in [0.1, 0.15) is 37.8 Å². The molecule has 1 heterocycles. The Bertz CT molecular complexity index is 342. The van der Waals surface area contributed by atoms with E-state index in [9.17, 15) is 0 Å². The summed E-state index contributed by atoms with van der Waals surface area (Å²) >= 11 is 1.81. The number of aryl methyl sites for hydroxylation is 1. The number of hydrogen-bond acceptors (Lipinski definition) is 5. The van der Waals surface area contributed by atoms with E-state index in [1.807, 2.05) is 18.4 Å². The van der Waals surface area contributed by atoms with Crippen LogP contribution in [0.25, 0.3) is 0 Å². The summed E-state index contributed by atoms with van der Waals surface area (Å²) in [5.41, 5.74) is 1.25. The van der Waals surface area contributed by atoms with Gasteiger partial charge in [-0.25, -0.2) is 4.98 Å². The van der Waals surface area contributed by atoms with Gasteiger partial charge in [0, 0.05) is 31.1 Å². The quantitative estimate of drug-likeness (QED) is 0.757. The second-order valence-corrected chi connectivity index (χ2v) is 5.99. The van der Waals surface area contributed by atoms with Crippen LogP contribution in [0.4, 0.5) is 5.13 Å². The van der Waals surface area contributed by atoms with Gasteiger partial charge in [0.15, 0.2) is 5.13 Å². The summed E-state index contributed by atoms with van der Waals surface area (Å²) in [5.74, 6) is 0. The van der Waals surface area contributed by atoms with Gasteiger partial charge in [0.2, 0.25) is 0 Å². The Hall–Kier alpha value is -0.650. The second kappa shape index (κ2) is 8.51. The predicted octanol–water partition coefficient (Wildman–Crippen LogP) is 2.68. The molecule has 0 unspecified atom stereocenters. The molecular weight excluding hydrogens is 258 g/mol. The average molecular weight is 285 g/mol. The third-order valence-corrected chi connectivity index (χ3v) is 4.13. The number of aromatic nitrogens is 1. The molecule has 0 aliphatic carbocycles. The highest BCUT2D eigenvalue weighted by Gasteiger charge is 2.17. The fourth-order valence-electron chi connectivity index (χ4n) is 1.99. The summed E-state index contributed by atoms with van der Waals surface area (Å²) in [6.07, 6.45) is 2.20. The van der Waals surface area contributed by atoms with Gasteiger partial charge in [-0.2, -0.15) is 0 Å². The number of hydrogen-bond donors (Lipinski definition) is 1. The molecule has 5 heteroatoms. The van der Waals surface area contributed by atoms with Crippen molar-refractivity contribution in [2.45, 2.75) is 46.2 Å². The number of nitrogens with zero attached hydrogens (tertiary/aromatic N) is 2. The van der Waals surface area contributed by atoms with Crippen LogP contribution in [0.5, 0.6) is 0 Å². The van der Waals surface area contributed by atoms with Gasteiger partial charge in [-0.1, -0.05) is 13.3 Å². The first-order chi connectivity index (χ1) is 9.13. The van der Waals surface area contributed by atoms with E-state index in [0.29, 0.717) is 6.04 Å². The third-order valence-electron chi connectivity index (χ3n) is 3.00. The zero-order valence-corrected chi connectivity index (χ0v) is 13.6. The van der Waals surface area contributed by atoms with Crippen LogP contribution in [0.3, 0.4) is 0 Å². The molecule has 0 aliphatic heterocycles. The van der Waals surface area contributed by atoms with Crippen molar-refractivity contribution in [2.24, 2.45) is 0 Å². The van der Waals surface area contributed by atoms with Crippen molar-refractivity contribution in [3.8, 4) is 0 Å². The van der Waals surface area contributed by atoms with Crippen molar-refractivity contribution >= 4 is 16.5 Å². The van der Waals surface area contributed by atoms with Gasteiger partial charge < -0.3 is 15.0 Å². The molecule has 4 nitrogen and oxygen atoms in total. The Balaban J connectivity index is 2.92. The van der Waals surface area contributed by atoms with E-state index in [0.717, 1.165) is 37.7 Å². The largest absolute Gasteiger partial charge is 0.383 e. The molecule has 0 saturated heterocycles. The molecule has 110 valence electrons. The lowest BCUT2D eigenvalue weighted by Gasteiger charge is -2.25. The molecule has 0 bridgehead atoms. The lowest BCUT2D eigenvalue weighted by molar-refractivity contribution is 0.204. The summed E-state index contributed by atoms with van der Waals surface area (Å²) in [5, 5.41) is 4.36. The topological polar surface area (TPSA) is 37.4 Å². The van der Waals surface area contributed by atoms with Crippen molar-refractivity contribution < 1.29 is 4.74 Å². The molecule has 0 fully saturated rings. The van der Waals surface area contributed by atoms with Crippen LogP contribution in [-0.4, -0.2) is 38.3 Å². The van der Waals surface area contributed by atoms with Crippen LogP contribution in [0.2, 0.25) is 0 Å². The molecule has 0 atom stereocenters. The summed E-state index contributed by atoms with van der Waals surface area (Å²) in [4.78, 5) is 8.53. The van der Waals surface area contributed by atoms with Crippen molar-refractivity contribution in [1.82, 2.24) is 10.3 Å². The molecule has 1 aromatic heterocycles. The molecule has 0 radical (unpaired) electrons. The van der Waals surface area contributed by atoms with Crippen LogP contribution in [0, 0.1) is 0 Å². The van der Waals surface area contributed by atoms with E-state index in [2.05, 4.69) is 31.0 Å². The zero-order valence-electron chi connectivity index (χ0n) is 12.8. The SMILES string of the molecule is CCCc1nc(N(CCOC)C(C)C)sc1CNC. The van der Waals surface area contributed by atoms with Gasteiger partial charge in [-0.15, -0.1) is 11.3 Å². The minimum atomic E-state index is 0.443. The molecule has 0 aliphatic rings. The zero-order chi connectivity index (χ0) is 14.3. The number of rotatable bonds is 9. The van der Waals surface area contributed by atoms with E-state index in [-0.39, 0.29) is 0 Å². The average Bonchev–Trinajstić information content (AvgIpc) is 2.73. The number of nitrogens with one attached hydrogen (secondary N) is 1. The summed E-state index contributed by atoms with van der Waals surface area (Å²) < 4.78 is 5.20. The minimum absolute atomic E-state index is 0.443. The molecule has 0 saturated carbocycles. The minimum Gasteiger partial charge on any atom is -0.383 e. The molecular formula is C14H27N3OS. The van der Waals surface area contributed by atoms with Gasteiger partial charge >= 0.3 is 0 Å². The van der Waals surface area contributed by atoms with Crippen LogP contribution in [-0.2, 0) is 17.7 Å². The van der Waals surface area contributed by atoms with Crippen LogP contribution >= 0.6 is 11.3 Å². The first kappa shape index (κ1) is 16.4. The second-order valence-electron chi connectivity index (χ2n) is 4.93. The number of thiazole rings is 1. The van der Waals surface area contributed by atoms with Crippen LogP contribution < -0.4 is 10.2 Å². The standard InChI is InChI=1S/C14H27N3OS/c1-6-7-12-13(10-15-4)19-14(16-12)17(11(2)3)8-9-18-5/h11,15H,6-10H2,1-5H3. The van der Waals surface area contributed by atoms with Crippen LogP contribution in [0.15, 0.2) is 0 Å². The molecule has 1 N–H and O–H groups in total. The molecule has 1 rings (SSSR count). The Morgan fingerprint density at radius 3 is 2.68 bits per heavy atom. The highest BCUT2D eigenvalue weighted by molar-refractivity contribution is 7.15. The Morgan fingerprint density at radius 1 is 1.42 bits per heavy atom. The monoisotopic (exact) mass is 285 g/mol. The van der Waals surface area contributed by atoms with Gasteiger partial charge in [0.25, 0.3) is 0 Å². The lowest BCUT2D eigenvalue weighted by atomic mass is 10.2. The van der Waals surface area contributed by atoms with Crippen molar-refractivity contribution in [2.75, 3.05) is 32.2 Å². The van der Waals surface area contributed by atoms with Gasteiger partial charge in [-0.3, -0.25) is 0 Å². The maximum atomic E-state index is 5.20. The van der Waals surface area contributed by atoms with E-state index in [1.165, 1.54) is 10.6 Å². The summed E-state index contributed by atoms with van der Waals surface area (Å²) in [7, 11) is 3.73. The van der Waals surface area contributed by atoms with Crippen molar-refractivity contribution in [3.05, 3.63) is 10.6 Å². The molecule has 19 heavy (non-hydrogen) atoms. The van der Waals surface area contributed by atoms with E-state index in [4.69, 9.17) is 9.72 Å². The molecule has 0 amide bonds. The highest BCUT2D eigenvalue weighted by atomic mass is 32.1. The van der Waals surface area contributed by atoms with E-state index in [1.54, 1.807) is 7.11 Å². The van der Waals surface area contributed by atoms with Crippen molar-refractivity contribution in [3.63, 3.8) is 0 Å². The Morgan fingerprint density at radius 2 is 2.16 bits per heavy atom. The summed E-state index contributed by atoms with van der Waals surface area (Å²) in [6, 6.07) is 0.443. The smallest absolute Gasteiger partial charge is 0.186 e. The van der Waals surface area contributed by atoms with E-state index < -0.39 is 0 Å². The first-order valence-electron chi connectivity index (χ1n) is 7.02. The Kier molecular flexibility index (Phi) is 7.34. The highest BCUT2D eigenvalue weighted by Crippen LogP contribution is 2.28. The van der Waals surface area contributed by atoms with Gasteiger partial charge in [0.05, 0.1) is 12.3 Å². The number of methoxy groups -OCH3 is 1. The maximum Gasteiger partial charge on any atom is 0.186 e. The molecule has 1 aromatic rings. The molecule has 0 spiro atoms. The normalized spacial score (nSPS) is 11.3. The summed E-state index contributed by atoms with van der Waals surface area (Å²) in [6.45, 7) is 9.15. The third kappa shape index (κ3) is 4.75. The maximum absolute atomic E-state index is 5.20.